The Balaban J connectivity index is 2.09. The SMILES string of the molecule is O=C(Nc1cc(Br)ccc1O)[C@H]1CCN1. The lowest BCUT2D eigenvalue weighted by molar-refractivity contribution is -0.119. The molecule has 0 unspecified atom stereocenters. The van der Waals surface area contributed by atoms with Crippen LogP contribution in [0.25, 0.3) is 0 Å². The van der Waals surface area contributed by atoms with Gasteiger partial charge in [0.25, 0.3) is 0 Å². The Morgan fingerprint density at radius 2 is 2.33 bits per heavy atom. The summed E-state index contributed by atoms with van der Waals surface area (Å²) in [6.45, 7) is 0.878. The monoisotopic (exact) mass is 270 g/mol. The number of phenolic OH excluding ortho intramolecular Hbond substituents is 1. The number of nitrogens with one attached hydrogen (secondary N) is 2. The van der Waals surface area contributed by atoms with Gasteiger partial charge in [0.1, 0.15) is 5.75 Å². The van der Waals surface area contributed by atoms with Gasteiger partial charge >= 0.3 is 0 Å². The summed E-state index contributed by atoms with van der Waals surface area (Å²) in [5, 5.41) is 15.2. The summed E-state index contributed by atoms with van der Waals surface area (Å²) in [5.41, 5.74) is 0.433. The third-order valence-electron chi connectivity index (χ3n) is 2.36. The summed E-state index contributed by atoms with van der Waals surface area (Å²) in [5.74, 6) is -0.0273. The lowest BCUT2D eigenvalue weighted by atomic mass is 10.1. The maximum absolute atomic E-state index is 11.6. The van der Waals surface area contributed by atoms with Crippen molar-refractivity contribution in [2.24, 2.45) is 0 Å². The smallest absolute Gasteiger partial charge is 0.241 e. The van der Waals surface area contributed by atoms with Gasteiger partial charge in [0, 0.05) is 4.47 Å². The third-order valence-corrected chi connectivity index (χ3v) is 2.85. The summed E-state index contributed by atoms with van der Waals surface area (Å²) >= 11 is 3.28. The second-order valence-corrected chi connectivity index (χ2v) is 4.36. The number of rotatable bonds is 2. The molecule has 1 aliphatic heterocycles. The van der Waals surface area contributed by atoms with Gasteiger partial charge in [0.2, 0.25) is 5.91 Å². The molecule has 1 aromatic carbocycles. The standard InChI is InChI=1S/C10H11BrN2O2/c11-6-1-2-9(14)8(5-6)13-10(15)7-3-4-12-7/h1-2,5,7,12,14H,3-4H2,(H,13,15)/t7-/m1/s1. The van der Waals surface area contributed by atoms with E-state index in [1.54, 1.807) is 12.1 Å². The molecule has 80 valence electrons. The number of carbonyl (C=O) groups is 1. The second kappa shape index (κ2) is 4.20. The minimum atomic E-state index is -0.122. The van der Waals surface area contributed by atoms with Crippen LogP contribution in [0, 0.1) is 0 Å². The van der Waals surface area contributed by atoms with Crippen LogP contribution in [-0.2, 0) is 4.79 Å². The van der Waals surface area contributed by atoms with E-state index in [0.717, 1.165) is 17.4 Å². The summed E-state index contributed by atoms with van der Waals surface area (Å²) in [6.07, 6.45) is 0.848. The molecule has 5 heteroatoms. The van der Waals surface area contributed by atoms with Crippen molar-refractivity contribution in [1.82, 2.24) is 5.32 Å². The maximum atomic E-state index is 11.6. The first-order chi connectivity index (χ1) is 7.16. The molecule has 1 heterocycles. The normalized spacial score (nSPS) is 19.4. The van der Waals surface area contributed by atoms with Crippen LogP contribution in [0.3, 0.4) is 0 Å². The summed E-state index contributed by atoms with van der Waals surface area (Å²) in [4.78, 5) is 11.6. The van der Waals surface area contributed by atoms with Crippen molar-refractivity contribution in [2.45, 2.75) is 12.5 Å². The van der Waals surface area contributed by atoms with E-state index in [0.29, 0.717) is 5.69 Å². The summed E-state index contributed by atoms with van der Waals surface area (Å²) in [6, 6.07) is 4.80. The first kappa shape index (κ1) is 10.4. The Kier molecular flexibility index (Phi) is 2.93. The van der Waals surface area contributed by atoms with Crippen LogP contribution < -0.4 is 10.6 Å². The van der Waals surface area contributed by atoms with Gasteiger partial charge in [-0.05, 0) is 31.2 Å². The highest BCUT2D eigenvalue weighted by molar-refractivity contribution is 9.10. The molecule has 1 aromatic rings. The number of benzene rings is 1. The lowest BCUT2D eigenvalue weighted by Crippen LogP contribution is -2.50. The molecule has 0 spiro atoms. The number of halogens is 1. The van der Waals surface area contributed by atoms with Crippen LogP contribution in [0.1, 0.15) is 6.42 Å². The molecule has 1 atom stereocenters. The van der Waals surface area contributed by atoms with Crippen molar-refractivity contribution in [1.29, 1.82) is 0 Å². The van der Waals surface area contributed by atoms with Crippen molar-refractivity contribution in [3.05, 3.63) is 22.7 Å². The number of anilines is 1. The summed E-state index contributed by atoms with van der Waals surface area (Å²) in [7, 11) is 0. The number of amides is 1. The predicted octanol–water partition coefficient (Wildman–Crippen LogP) is 1.46. The van der Waals surface area contributed by atoms with Crippen molar-refractivity contribution in [3.8, 4) is 5.75 Å². The molecule has 0 aromatic heterocycles. The molecule has 3 N–H and O–H groups in total. The topological polar surface area (TPSA) is 61.4 Å². The van der Waals surface area contributed by atoms with Gasteiger partial charge in [0.15, 0.2) is 0 Å². The molecule has 0 aliphatic carbocycles. The van der Waals surface area contributed by atoms with E-state index in [4.69, 9.17) is 0 Å². The Morgan fingerprint density at radius 3 is 2.93 bits per heavy atom. The van der Waals surface area contributed by atoms with Crippen LogP contribution in [-0.4, -0.2) is 23.6 Å². The zero-order valence-corrected chi connectivity index (χ0v) is 9.54. The predicted molar refractivity (Wildman–Crippen MR) is 60.8 cm³/mol. The van der Waals surface area contributed by atoms with E-state index in [1.807, 2.05) is 0 Å². The molecule has 0 radical (unpaired) electrons. The summed E-state index contributed by atoms with van der Waals surface area (Å²) < 4.78 is 0.817. The largest absolute Gasteiger partial charge is 0.506 e. The van der Waals surface area contributed by atoms with Gasteiger partial charge in [-0.15, -0.1) is 0 Å². The first-order valence-electron chi connectivity index (χ1n) is 4.69. The molecular weight excluding hydrogens is 260 g/mol. The molecule has 1 saturated heterocycles. The maximum Gasteiger partial charge on any atom is 0.241 e. The molecule has 4 nitrogen and oxygen atoms in total. The van der Waals surface area contributed by atoms with Crippen molar-refractivity contribution in [2.75, 3.05) is 11.9 Å². The van der Waals surface area contributed by atoms with Crippen molar-refractivity contribution < 1.29 is 9.90 Å². The Labute approximate surface area is 95.8 Å². The molecule has 1 fully saturated rings. The fourth-order valence-electron chi connectivity index (χ4n) is 1.34. The fraction of sp³-hybridized carbons (Fsp3) is 0.300. The van der Waals surface area contributed by atoms with Crippen LogP contribution in [0.5, 0.6) is 5.75 Å². The highest BCUT2D eigenvalue weighted by Crippen LogP contribution is 2.27. The Hall–Kier alpha value is -1.07. The Bertz CT molecular complexity index is 391. The second-order valence-electron chi connectivity index (χ2n) is 3.45. The van der Waals surface area contributed by atoms with Gasteiger partial charge in [-0.3, -0.25) is 4.79 Å². The number of phenols is 1. The Morgan fingerprint density at radius 1 is 1.60 bits per heavy atom. The molecule has 1 aliphatic rings. The average Bonchev–Trinajstić information content (AvgIpc) is 2.08. The van der Waals surface area contributed by atoms with Gasteiger partial charge in [-0.25, -0.2) is 0 Å². The van der Waals surface area contributed by atoms with Crippen molar-refractivity contribution >= 4 is 27.5 Å². The highest BCUT2D eigenvalue weighted by Gasteiger charge is 2.24. The van der Waals surface area contributed by atoms with Crippen LogP contribution >= 0.6 is 15.9 Å². The number of aromatic hydroxyl groups is 1. The molecule has 0 saturated carbocycles. The number of carbonyl (C=O) groups excluding carboxylic acids is 1. The van der Waals surface area contributed by atoms with E-state index in [1.165, 1.54) is 6.07 Å². The van der Waals surface area contributed by atoms with Crippen LogP contribution in [0.2, 0.25) is 0 Å². The number of hydrogen-bond donors (Lipinski definition) is 3. The molecule has 0 bridgehead atoms. The van der Waals surface area contributed by atoms with Crippen LogP contribution in [0.15, 0.2) is 22.7 Å². The fourth-order valence-corrected chi connectivity index (χ4v) is 1.70. The molecule has 1 amide bonds. The highest BCUT2D eigenvalue weighted by atomic mass is 79.9. The quantitative estimate of drug-likeness (QED) is 0.713. The van der Waals surface area contributed by atoms with Crippen molar-refractivity contribution in [3.63, 3.8) is 0 Å². The van der Waals surface area contributed by atoms with E-state index in [-0.39, 0.29) is 17.7 Å². The van der Waals surface area contributed by atoms with Crippen LogP contribution in [0.4, 0.5) is 5.69 Å². The minimum absolute atomic E-state index is 0.0749. The molecule has 15 heavy (non-hydrogen) atoms. The van der Waals surface area contributed by atoms with Gasteiger partial charge < -0.3 is 15.7 Å². The zero-order chi connectivity index (χ0) is 10.8. The van der Waals surface area contributed by atoms with Gasteiger partial charge in [0.05, 0.1) is 11.7 Å². The molecular formula is C10H11BrN2O2. The van der Waals surface area contributed by atoms with Gasteiger partial charge in [-0.2, -0.15) is 0 Å². The molecule has 2 rings (SSSR count). The average molecular weight is 271 g/mol. The van der Waals surface area contributed by atoms with E-state index >= 15 is 0 Å². The minimum Gasteiger partial charge on any atom is -0.506 e. The van der Waals surface area contributed by atoms with E-state index < -0.39 is 0 Å². The third kappa shape index (κ3) is 2.30. The number of hydrogen-bond acceptors (Lipinski definition) is 3. The van der Waals surface area contributed by atoms with E-state index in [2.05, 4.69) is 26.6 Å². The first-order valence-corrected chi connectivity index (χ1v) is 5.49. The zero-order valence-electron chi connectivity index (χ0n) is 7.96. The van der Waals surface area contributed by atoms with Gasteiger partial charge in [-0.1, -0.05) is 15.9 Å². The lowest BCUT2D eigenvalue weighted by Gasteiger charge is -2.26. The van der Waals surface area contributed by atoms with E-state index in [9.17, 15) is 9.90 Å².